The first kappa shape index (κ1) is 13.3. The number of nitrogens with zero attached hydrogens (tertiary/aromatic N) is 1. The van der Waals surface area contributed by atoms with Crippen molar-refractivity contribution in [3.8, 4) is 0 Å². The van der Waals surface area contributed by atoms with Crippen LogP contribution in [0.3, 0.4) is 0 Å². The highest BCUT2D eigenvalue weighted by molar-refractivity contribution is 4.74. The van der Waals surface area contributed by atoms with Gasteiger partial charge in [0.05, 0.1) is 6.61 Å². The summed E-state index contributed by atoms with van der Waals surface area (Å²) >= 11 is 0. The Bertz CT molecular complexity index is 204. The summed E-state index contributed by atoms with van der Waals surface area (Å²) in [5, 5.41) is 3.62. The maximum atomic E-state index is 5.47. The molecule has 0 saturated carbocycles. The molecule has 3 nitrogen and oxygen atoms in total. The summed E-state index contributed by atoms with van der Waals surface area (Å²) in [6.45, 7) is 7.98. The molecule has 1 N–H and O–H groups in total. The van der Waals surface area contributed by atoms with Crippen molar-refractivity contribution in [3.63, 3.8) is 0 Å². The number of nitrogens with one attached hydrogen (secondary N) is 1. The molecule has 2 rings (SSSR count). The van der Waals surface area contributed by atoms with E-state index in [1.54, 1.807) is 0 Å². The number of ether oxygens (including phenoxy) is 1. The molecule has 2 aliphatic heterocycles. The summed E-state index contributed by atoms with van der Waals surface area (Å²) < 4.78 is 5.47. The van der Waals surface area contributed by atoms with Crippen molar-refractivity contribution < 1.29 is 4.74 Å². The molecule has 2 unspecified atom stereocenters. The lowest BCUT2D eigenvalue weighted by Crippen LogP contribution is -2.41. The second kappa shape index (κ2) is 7.34. The molecule has 2 heterocycles. The van der Waals surface area contributed by atoms with Crippen LogP contribution < -0.4 is 5.32 Å². The molecule has 2 fully saturated rings. The first-order valence-electron chi connectivity index (χ1n) is 7.41. The number of piperidine rings is 1. The van der Waals surface area contributed by atoms with E-state index < -0.39 is 0 Å². The summed E-state index contributed by atoms with van der Waals surface area (Å²) in [6.07, 6.45) is 8.01. The zero-order valence-electron chi connectivity index (χ0n) is 11.3. The largest absolute Gasteiger partial charge is 0.380 e. The minimum absolute atomic E-state index is 0.613. The van der Waals surface area contributed by atoms with Gasteiger partial charge in [0.15, 0.2) is 0 Å². The van der Waals surface area contributed by atoms with Gasteiger partial charge in [0.25, 0.3) is 0 Å². The fraction of sp³-hybridized carbons (Fsp3) is 1.00. The average Bonchev–Trinajstić information content (AvgIpc) is 2.38. The Hall–Kier alpha value is -0.120. The van der Waals surface area contributed by atoms with Crippen molar-refractivity contribution >= 4 is 0 Å². The molecule has 0 aromatic rings. The molecule has 0 aromatic carbocycles. The molecule has 17 heavy (non-hydrogen) atoms. The van der Waals surface area contributed by atoms with Crippen LogP contribution in [-0.4, -0.2) is 49.8 Å². The molecule has 2 saturated heterocycles. The minimum Gasteiger partial charge on any atom is -0.380 e. The van der Waals surface area contributed by atoms with Gasteiger partial charge in [0.2, 0.25) is 0 Å². The van der Waals surface area contributed by atoms with Gasteiger partial charge in [-0.25, -0.2) is 0 Å². The smallest absolute Gasteiger partial charge is 0.0619 e. The van der Waals surface area contributed by atoms with Gasteiger partial charge in [-0.05, 0) is 58.7 Å². The van der Waals surface area contributed by atoms with Crippen molar-refractivity contribution in [3.05, 3.63) is 0 Å². The van der Waals surface area contributed by atoms with E-state index in [4.69, 9.17) is 4.74 Å². The second-order valence-corrected chi connectivity index (χ2v) is 5.60. The SMILES string of the molecule is CC1CCCCN1CCCNC1CCCOC1. The standard InChI is InChI=1S/C14H28N2O/c1-13-6-2-3-9-16(13)10-5-8-15-14-7-4-11-17-12-14/h13-15H,2-12H2,1H3. The van der Waals surface area contributed by atoms with E-state index in [2.05, 4.69) is 17.1 Å². The Labute approximate surface area is 106 Å². The van der Waals surface area contributed by atoms with Gasteiger partial charge in [0, 0.05) is 18.7 Å². The number of rotatable bonds is 5. The highest BCUT2D eigenvalue weighted by Gasteiger charge is 2.17. The lowest BCUT2D eigenvalue weighted by atomic mass is 10.0. The van der Waals surface area contributed by atoms with E-state index in [0.717, 1.165) is 25.8 Å². The number of likely N-dealkylation sites (tertiary alicyclic amines) is 1. The van der Waals surface area contributed by atoms with E-state index in [9.17, 15) is 0 Å². The zero-order chi connectivity index (χ0) is 11.9. The molecule has 0 amide bonds. The number of hydrogen-bond donors (Lipinski definition) is 1. The van der Waals surface area contributed by atoms with Crippen LogP contribution in [0, 0.1) is 0 Å². The predicted molar refractivity (Wildman–Crippen MR) is 71.3 cm³/mol. The van der Waals surface area contributed by atoms with Gasteiger partial charge in [-0.2, -0.15) is 0 Å². The predicted octanol–water partition coefficient (Wildman–Crippen LogP) is 2.02. The minimum atomic E-state index is 0.613. The lowest BCUT2D eigenvalue weighted by molar-refractivity contribution is 0.0697. The molecule has 2 atom stereocenters. The highest BCUT2D eigenvalue weighted by atomic mass is 16.5. The Morgan fingerprint density at radius 1 is 1.24 bits per heavy atom. The molecular formula is C14H28N2O. The van der Waals surface area contributed by atoms with Gasteiger partial charge in [-0.1, -0.05) is 6.42 Å². The fourth-order valence-corrected chi connectivity index (χ4v) is 2.98. The van der Waals surface area contributed by atoms with Crippen molar-refractivity contribution in [2.75, 3.05) is 32.8 Å². The van der Waals surface area contributed by atoms with Gasteiger partial charge >= 0.3 is 0 Å². The summed E-state index contributed by atoms with van der Waals surface area (Å²) in [5.41, 5.74) is 0. The van der Waals surface area contributed by atoms with E-state index >= 15 is 0 Å². The molecule has 0 aliphatic carbocycles. The molecule has 3 heteroatoms. The summed E-state index contributed by atoms with van der Waals surface area (Å²) in [5.74, 6) is 0. The Morgan fingerprint density at radius 3 is 2.94 bits per heavy atom. The van der Waals surface area contributed by atoms with Crippen molar-refractivity contribution in [1.29, 1.82) is 0 Å². The Morgan fingerprint density at radius 2 is 2.18 bits per heavy atom. The fourth-order valence-electron chi connectivity index (χ4n) is 2.98. The third kappa shape index (κ3) is 4.57. The summed E-state index contributed by atoms with van der Waals surface area (Å²) in [7, 11) is 0. The third-order valence-corrected chi connectivity index (χ3v) is 4.16. The normalized spacial score (nSPS) is 31.6. The Balaban J connectivity index is 1.53. The first-order chi connectivity index (χ1) is 8.36. The van der Waals surface area contributed by atoms with Crippen molar-refractivity contribution in [2.45, 2.75) is 57.5 Å². The molecule has 2 aliphatic rings. The highest BCUT2D eigenvalue weighted by Crippen LogP contribution is 2.16. The molecule has 0 spiro atoms. The van der Waals surface area contributed by atoms with Crippen molar-refractivity contribution in [1.82, 2.24) is 10.2 Å². The second-order valence-electron chi connectivity index (χ2n) is 5.60. The maximum Gasteiger partial charge on any atom is 0.0619 e. The maximum absolute atomic E-state index is 5.47. The van der Waals surface area contributed by atoms with E-state index in [1.165, 1.54) is 51.6 Å². The average molecular weight is 240 g/mol. The molecular weight excluding hydrogens is 212 g/mol. The van der Waals surface area contributed by atoms with E-state index in [-0.39, 0.29) is 0 Å². The van der Waals surface area contributed by atoms with Crippen LogP contribution in [0.25, 0.3) is 0 Å². The Kier molecular flexibility index (Phi) is 5.75. The van der Waals surface area contributed by atoms with Gasteiger partial charge < -0.3 is 15.0 Å². The van der Waals surface area contributed by atoms with Gasteiger partial charge in [-0.15, -0.1) is 0 Å². The van der Waals surface area contributed by atoms with E-state index in [0.29, 0.717) is 6.04 Å². The van der Waals surface area contributed by atoms with Crippen LogP contribution >= 0.6 is 0 Å². The van der Waals surface area contributed by atoms with Crippen LogP contribution in [0.5, 0.6) is 0 Å². The molecule has 0 radical (unpaired) electrons. The number of hydrogen-bond acceptors (Lipinski definition) is 3. The van der Waals surface area contributed by atoms with Gasteiger partial charge in [0.1, 0.15) is 0 Å². The monoisotopic (exact) mass is 240 g/mol. The topological polar surface area (TPSA) is 24.5 Å². The molecule has 0 aromatic heterocycles. The first-order valence-corrected chi connectivity index (χ1v) is 7.41. The lowest BCUT2D eigenvalue weighted by Gasteiger charge is -2.33. The van der Waals surface area contributed by atoms with Crippen LogP contribution in [-0.2, 0) is 4.74 Å². The van der Waals surface area contributed by atoms with Crippen LogP contribution in [0.15, 0.2) is 0 Å². The summed E-state index contributed by atoms with van der Waals surface area (Å²) in [6, 6.07) is 1.42. The van der Waals surface area contributed by atoms with Gasteiger partial charge in [-0.3, -0.25) is 0 Å². The quantitative estimate of drug-likeness (QED) is 0.744. The zero-order valence-corrected chi connectivity index (χ0v) is 11.3. The third-order valence-electron chi connectivity index (χ3n) is 4.16. The van der Waals surface area contributed by atoms with Crippen LogP contribution in [0.2, 0.25) is 0 Å². The molecule has 100 valence electrons. The molecule has 0 bridgehead atoms. The van der Waals surface area contributed by atoms with Crippen LogP contribution in [0.1, 0.15) is 45.4 Å². The van der Waals surface area contributed by atoms with E-state index in [1.807, 2.05) is 0 Å². The van der Waals surface area contributed by atoms with Crippen LogP contribution in [0.4, 0.5) is 0 Å². The summed E-state index contributed by atoms with van der Waals surface area (Å²) in [4.78, 5) is 2.66. The van der Waals surface area contributed by atoms with Crippen molar-refractivity contribution in [2.24, 2.45) is 0 Å².